The van der Waals surface area contributed by atoms with Crippen molar-refractivity contribution < 1.29 is 4.79 Å². The summed E-state index contributed by atoms with van der Waals surface area (Å²) in [5, 5.41) is 10.2. The largest absolute Gasteiger partial charge is 0.322 e. The highest BCUT2D eigenvalue weighted by atomic mass is 32.1. The minimum absolute atomic E-state index is 0.115. The molecule has 4 rings (SSSR count). The van der Waals surface area contributed by atoms with Crippen molar-refractivity contribution in [3.63, 3.8) is 0 Å². The molecule has 6 heteroatoms. The number of rotatable bonds is 5. The van der Waals surface area contributed by atoms with Crippen molar-refractivity contribution in [2.24, 2.45) is 5.10 Å². The van der Waals surface area contributed by atoms with Crippen LogP contribution >= 0.6 is 11.3 Å². The van der Waals surface area contributed by atoms with E-state index in [2.05, 4.69) is 20.8 Å². The van der Waals surface area contributed by atoms with Crippen molar-refractivity contribution in [3.8, 4) is 11.3 Å². The summed E-state index contributed by atoms with van der Waals surface area (Å²) in [6, 6.07) is 16.9. The third-order valence-corrected chi connectivity index (χ3v) is 5.47. The van der Waals surface area contributed by atoms with Crippen LogP contribution in [0.15, 0.2) is 65.1 Å². The Morgan fingerprint density at radius 1 is 0.964 bits per heavy atom. The monoisotopic (exact) mass is 390 g/mol. The van der Waals surface area contributed by atoms with E-state index in [1.807, 2.05) is 47.8 Å². The first-order chi connectivity index (χ1) is 13.8. The number of hydrogen-bond acceptors (Lipinski definition) is 5. The number of anilines is 2. The maximum atomic E-state index is 12.2. The molecule has 0 unspecified atom stereocenters. The summed E-state index contributed by atoms with van der Waals surface area (Å²) >= 11 is 1.55. The standard InChI is InChI=1S/C22H22N4OS/c27-21(17-7-3-1-4-8-17)23-18-13-11-16(12-14-18)20-15-28-22(24-20)26-25-19-9-5-2-6-10-19/h1,3-4,7-8,11-15H,2,5-6,9-10H2,(H,23,27)(H,24,26). The molecule has 3 aromatic rings. The molecule has 2 aromatic carbocycles. The van der Waals surface area contributed by atoms with Gasteiger partial charge in [0.15, 0.2) is 0 Å². The Bertz CT molecular complexity index is 956. The molecule has 1 fully saturated rings. The van der Waals surface area contributed by atoms with E-state index in [1.165, 1.54) is 25.0 Å². The molecule has 0 aliphatic heterocycles. The van der Waals surface area contributed by atoms with Gasteiger partial charge in [0.25, 0.3) is 5.91 Å². The second kappa shape index (κ2) is 8.80. The van der Waals surface area contributed by atoms with Gasteiger partial charge < -0.3 is 5.32 Å². The molecule has 0 spiro atoms. The van der Waals surface area contributed by atoms with Crippen molar-refractivity contribution >= 4 is 33.8 Å². The first kappa shape index (κ1) is 18.4. The highest BCUT2D eigenvalue weighted by Crippen LogP contribution is 2.26. The molecule has 0 radical (unpaired) electrons. The van der Waals surface area contributed by atoms with Crippen LogP contribution in [0.4, 0.5) is 10.8 Å². The highest BCUT2D eigenvalue weighted by molar-refractivity contribution is 7.14. The number of benzene rings is 2. The number of carbonyl (C=O) groups is 1. The maximum absolute atomic E-state index is 12.2. The van der Waals surface area contributed by atoms with E-state index in [0.29, 0.717) is 5.56 Å². The molecular weight excluding hydrogens is 368 g/mol. The maximum Gasteiger partial charge on any atom is 0.255 e. The predicted octanol–water partition coefficient (Wildman–Crippen LogP) is 5.79. The number of hydrazone groups is 1. The number of nitrogens with one attached hydrogen (secondary N) is 2. The summed E-state index contributed by atoms with van der Waals surface area (Å²) in [6.07, 6.45) is 5.94. The molecule has 0 bridgehead atoms. The molecule has 1 amide bonds. The smallest absolute Gasteiger partial charge is 0.255 e. The van der Waals surface area contributed by atoms with Gasteiger partial charge in [-0.15, -0.1) is 11.3 Å². The number of amides is 1. The van der Waals surface area contributed by atoms with Crippen LogP contribution in [0.5, 0.6) is 0 Å². The van der Waals surface area contributed by atoms with Crippen molar-refractivity contribution in [1.29, 1.82) is 0 Å². The van der Waals surface area contributed by atoms with E-state index >= 15 is 0 Å². The Labute approximate surface area is 168 Å². The van der Waals surface area contributed by atoms with Gasteiger partial charge >= 0.3 is 0 Å². The minimum atomic E-state index is -0.115. The lowest BCUT2D eigenvalue weighted by Gasteiger charge is -2.11. The SMILES string of the molecule is O=C(Nc1ccc(-c2csc(NN=C3CCCCC3)n2)cc1)c1ccccc1. The molecule has 1 aliphatic carbocycles. The molecule has 5 nitrogen and oxygen atoms in total. The van der Waals surface area contributed by atoms with Crippen LogP contribution in [-0.2, 0) is 0 Å². The number of aromatic nitrogens is 1. The van der Waals surface area contributed by atoms with Crippen molar-refractivity contribution in [3.05, 3.63) is 65.5 Å². The van der Waals surface area contributed by atoms with Gasteiger partial charge in [-0.2, -0.15) is 5.10 Å². The third kappa shape index (κ3) is 4.64. The zero-order chi connectivity index (χ0) is 19.2. The molecule has 28 heavy (non-hydrogen) atoms. The number of hydrogen-bond donors (Lipinski definition) is 2. The zero-order valence-corrected chi connectivity index (χ0v) is 16.3. The van der Waals surface area contributed by atoms with Crippen LogP contribution in [0.25, 0.3) is 11.3 Å². The van der Waals surface area contributed by atoms with Crippen molar-refractivity contribution in [2.45, 2.75) is 32.1 Å². The Morgan fingerprint density at radius 2 is 1.71 bits per heavy atom. The van der Waals surface area contributed by atoms with E-state index < -0.39 is 0 Å². The summed E-state index contributed by atoms with van der Waals surface area (Å²) in [6.45, 7) is 0. The van der Waals surface area contributed by atoms with Gasteiger partial charge in [0.2, 0.25) is 5.13 Å². The summed E-state index contributed by atoms with van der Waals surface area (Å²) < 4.78 is 0. The molecule has 0 atom stereocenters. The van der Waals surface area contributed by atoms with Crippen molar-refractivity contribution in [1.82, 2.24) is 4.98 Å². The quantitative estimate of drug-likeness (QED) is 0.542. The van der Waals surface area contributed by atoms with Crippen LogP contribution in [-0.4, -0.2) is 16.6 Å². The van der Waals surface area contributed by atoms with Crippen LogP contribution in [0, 0.1) is 0 Å². The molecular formula is C22H22N4OS. The Morgan fingerprint density at radius 3 is 2.46 bits per heavy atom. The third-order valence-electron chi connectivity index (χ3n) is 4.72. The average Bonchev–Trinajstić information content (AvgIpc) is 3.23. The molecule has 1 aliphatic rings. The molecule has 1 heterocycles. The first-order valence-corrected chi connectivity index (χ1v) is 10.4. The van der Waals surface area contributed by atoms with Gasteiger partial charge in [-0.1, -0.05) is 36.8 Å². The van der Waals surface area contributed by atoms with E-state index in [4.69, 9.17) is 0 Å². The highest BCUT2D eigenvalue weighted by Gasteiger charge is 2.09. The van der Waals surface area contributed by atoms with Gasteiger partial charge in [0, 0.05) is 27.9 Å². The van der Waals surface area contributed by atoms with Gasteiger partial charge in [0.1, 0.15) is 0 Å². The fraction of sp³-hybridized carbons (Fsp3) is 0.227. The topological polar surface area (TPSA) is 66.4 Å². The van der Waals surface area contributed by atoms with E-state index in [0.717, 1.165) is 34.9 Å². The van der Waals surface area contributed by atoms with Crippen LogP contribution < -0.4 is 10.7 Å². The first-order valence-electron chi connectivity index (χ1n) is 9.52. The van der Waals surface area contributed by atoms with E-state index in [1.54, 1.807) is 23.5 Å². The second-order valence-electron chi connectivity index (χ2n) is 6.79. The van der Waals surface area contributed by atoms with Gasteiger partial charge in [0.05, 0.1) is 5.69 Å². The van der Waals surface area contributed by atoms with Crippen LogP contribution in [0.1, 0.15) is 42.5 Å². The lowest BCUT2D eigenvalue weighted by molar-refractivity contribution is 0.102. The Balaban J connectivity index is 1.39. The number of nitrogens with zero attached hydrogens (tertiary/aromatic N) is 2. The van der Waals surface area contributed by atoms with E-state index in [-0.39, 0.29) is 5.91 Å². The fourth-order valence-corrected chi connectivity index (χ4v) is 3.83. The lowest BCUT2D eigenvalue weighted by atomic mass is 9.99. The summed E-state index contributed by atoms with van der Waals surface area (Å²) in [5.41, 5.74) is 7.64. The van der Waals surface area contributed by atoms with Crippen LogP contribution in [0.2, 0.25) is 0 Å². The molecule has 142 valence electrons. The molecule has 0 saturated heterocycles. The lowest BCUT2D eigenvalue weighted by Crippen LogP contribution is -2.11. The number of carbonyl (C=O) groups excluding carboxylic acids is 1. The van der Waals surface area contributed by atoms with Gasteiger partial charge in [-0.05, 0) is 49.9 Å². The van der Waals surface area contributed by atoms with Crippen LogP contribution in [0.3, 0.4) is 0 Å². The normalized spacial score (nSPS) is 13.8. The molecule has 1 saturated carbocycles. The molecule has 2 N–H and O–H groups in total. The molecule has 1 aromatic heterocycles. The van der Waals surface area contributed by atoms with Crippen molar-refractivity contribution in [2.75, 3.05) is 10.7 Å². The van der Waals surface area contributed by atoms with E-state index in [9.17, 15) is 4.79 Å². The summed E-state index contributed by atoms with van der Waals surface area (Å²) in [7, 11) is 0. The predicted molar refractivity (Wildman–Crippen MR) is 116 cm³/mol. The fourth-order valence-electron chi connectivity index (χ4n) is 3.17. The average molecular weight is 391 g/mol. The second-order valence-corrected chi connectivity index (χ2v) is 7.64. The van der Waals surface area contributed by atoms with Gasteiger partial charge in [-0.3, -0.25) is 10.2 Å². The summed E-state index contributed by atoms with van der Waals surface area (Å²) in [5.74, 6) is -0.115. The minimum Gasteiger partial charge on any atom is -0.322 e. The zero-order valence-electron chi connectivity index (χ0n) is 15.5. The summed E-state index contributed by atoms with van der Waals surface area (Å²) in [4.78, 5) is 16.8. The Kier molecular flexibility index (Phi) is 5.77. The number of thiazole rings is 1. The Hall–Kier alpha value is -2.99. The van der Waals surface area contributed by atoms with Gasteiger partial charge in [-0.25, -0.2) is 4.98 Å².